The first-order chi connectivity index (χ1) is 8.75. The van der Waals surface area contributed by atoms with E-state index in [0.29, 0.717) is 5.76 Å². The minimum absolute atomic E-state index is 0.166. The van der Waals surface area contributed by atoms with Crippen LogP contribution in [0.15, 0.2) is 39.8 Å². The Morgan fingerprint density at radius 2 is 2.06 bits per heavy atom. The molecule has 18 heavy (non-hydrogen) atoms. The monoisotopic (exact) mass is 305 g/mol. The van der Waals surface area contributed by atoms with Gasteiger partial charge in [0, 0.05) is 28.0 Å². The molecule has 0 unspecified atom stereocenters. The molecule has 2 aliphatic rings. The van der Waals surface area contributed by atoms with E-state index in [-0.39, 0.29) is 5.97 Å². The van der Waals surface area contributed by atoms with Gasteiger partial charge >= 0.3 is 5.97 Å². The van der Waals surface area contributed by atoms with Gasteiger partial charge in [-0.1, -0.05) is 0 Å². The van der Waals surface area contributed by atoms with Crippen molar-refractivity contribution in [1.82, 2.24) is 4.98 Å². The number of aromatic nitrogens is 1. The number of carbonyl (C=O) groups is 1. The van der Waals surface area contributed by atoms with Gasteiger partial charge in [-0.3, -0.25) is 4.98 Å². The van der Waals surface area contributed by atoms with Crippen molar-refractivity contribution >= 4 is 28.0 Å². The summed E-state index contributed by atoms with van der Waals surface area (Å²) in [5, 5.41) is 0. The predicted molar refractivity (Wildman–Crippen MR) is 71.5 cm³/mol. The average Bonchev–Trinajstić information content (AvgIpc) is 2.70. The lowest BCUT2D eigenvalue weighted by Gasteiger charge is -2.10. The van der Waals surface area contributed by atoms with Gasteiger partial charge in [-0.05, 0) is 59.3 Å². The highest BCUT2D eigenvalue weighted by Gasteiger charge is 2.31. The first-order valence-corrected chi connectivity index (χ1v) is 6.81. The van der Waals surface area contributed by atoms with Gasteiger partial charge in [0.25, 0.3) is 0 Å². The molecule has 0 radical (unpaired) electrons. The molecule has 3 nitrogen and oxygen atoms in total. The second kappa shape index (κ2) is 4.69. The maximum absolute atomic E-state index is 11.7. The molecule has 0 fully saturated rings. The second-order valence-corrected chi connectivity index (χ2v) is 5.31. The van der Waals surface area contributed by atoms with Crippen LogP contribution in [0.3, 0.4) is 0 Å². The number of rotatable bonds is 1. The van der Waals surface area contributed by atoms with Gasteiger partial charge in [-0.15, -0.1) is 0 Å². The fourth-order valence-corrected chi connectivity index (χ4v) is 2.75. The van der Waals surface area contributed by atoms with Gasteiger partial charge in [-0.25, -0.2) is 4.79 Å². The maximum atomic E-state index is 11.7. The fraction of sp³-hybridized carbons (Fsp3) is 0.286. The quantitative estimate of drug-likeness (QED) is 0.744. The Morgan fingerprint density at radius 3 is 2.83 bits per heavy atom. The molecule has 1 aromatic heterocycles. The van der Waals surface area contributed by atoms with Gasteiger partial charge < -0.3 is 4.74 Å². The summed E-state index contributed by atoms with van der Waals surface area (Å²) in [6.07, 6.45) is 9.38. The van der Waals surface area contributed by atoms with E-state index in [1.54, 1.807) is 12.4 Å². The van der Waals surface area contributed by atoms with E-state index in [4.69, 9.17) is 4.74 Å². The van der Waals surface area contributed by atoms with Crippen LogP contribution in [0.1, 0.15) is 31.2 Å². The van der Waals surface area contributed by atoms with E-state index >= 15 is 0 Å². The molecular weight excluding hydrogens is 294 g/mol. The van der Waals surface area contributed by atoms with Crippen LogP contribution >= 0.6 is 15.9 Å². The zero-order valence-corrected chi connectivity index (χ0v) is 11.4. The molecule has 0 N–H and O–H groups in total. The Morgan fingerprint density at radius 1 is 1.28 bits per heavy atom. The number of allylic oxidation sites excluding steroid dienone is 1. The minimum atomic E-state index is -0.166. The van der Waals surface area contributed by atoms with Gasteiger partial charge in [-0.2, -0.15) is 0 Å². The smallest absolute Gasteiger partial charge is 0.339 e. The second-order valence-electron chi connectivity index (χ2n) is 4.46. The molecule has 0 bridgehead atoms. The van der Waals surface area contributed by atoms with Crippen LogP contribution in [-0.4, -0.2) is 11.0 Å². The third kappa shape index (κ3) is 2.01. The Hall–Kier alpha value is -1.42. The van der Waals surface area contributed by atoms with Crippen LogP contribution in [0, 0.1) is 0 Å². The van der Waals surface area contributed by atoms with E-state index < -0.39 is 0 Å². The van der Waals surface area contributed by atoms with E-state index in [1.165, 1.54) is 0 Å². The number of esters is 1. The number of cyclic esters (lactones) is 1. The van der Waals surface area contributed by atoms with Crippen molar-refractivity contribution in [3.05, 3.63) is 45.4 Å². The standard InChI is InChI=1S/C14H12BrNO2/c15-12-8-16-6-5-9(12)7-13-10-3-1-2-4-11(10)14(17)18-13/h5-8H,1-4H2. The van der Waals surface area contributed by atoms with Gasteiger partial charge in [0.1, 0.15) is 5.76 Å². The molecule has 0 spiro atoms. The zero-order valence-electron chi connectivity index (χ0n) is 9.78. The molecule has 0 aromatic carbocycles. The molecule has 1 aromatic rings. The lowest BCUT2D eigenvalue weighted by molar-refractivity contribution is -0.133. The number of nitrogens with zero attached hydrogens (tertiary/aromatic N) is 1. The Labute approximate surface area is 114 Å². The summed E-state index contributed by atoms with van der Waals surface area (Å²) in [4.78, 5) is 15.8. The van der Waals surface area contributed by atoms with Crippen LogP contribution < -0.4 is 0 Å². The number of pyridine rings is 1. The Kier molecular flexibility index (Phi) is 3.04. The van der Waals surface area contributed by atoms with Crippen molar-refractivity contribution in [2.45, 2.75) is 25.7 Å². The topological polar surface area (TPSA) is 39.2 Å². The first kappa shape index (κ1) is 11.7. The number of halogens is 1. The summed E-state index contributed by atoms with van der Waals surface area (Å²) in [6.45, 7) is 0. The highest BCUT2D eigenvalue weighted by Crippen LogP contribution is 2.38. The van der Waals surface area contributed by atoms with Crippen LogP contribution in [0.25, 0.3) is 6.08 Å². The largest absolute Gasteiger partial charge is 0.423 e. The molecule has 1 aliphatic heterocycles. The third-order valence-corrected chi connectivity index (χ3v) is 3.97. The summed E-state index contributed by atoms with van der Waals surface area (Å²) in [6, 6.07) is 1.90. The molecule has 0 amide bonds. The lowest BCUT2D eigenvalue weighted by atomic mass is 9.92. The van der Waals surface area contributed by atoms with Crippen LogP contribution in [0.4, 0.5) is 0 Å². The van der Waals surface area contributed by atoms with Crippen LogP contribution in [0.2, 0.25) is 0 Å². The maximum Gasteiger partial charge on any atom is 0.339 e. The Balaban J connectivity index is 2.01. The summed E-state index contributed by atoms with van der Waals surface area (Å²) in [5.41, 5.74) is 2.94. The van der Waals surface area contributed by atoms with Gasteiger partial charge in [0.15, 0.2) is 0 Å². The van der Waals surface area contributed by atoms with Crippen molar-refractivity contribution in [3.8, 4) is 0 Å². The fourth-order valence-electron chi connectivity index (χ4n) is 2.39. The molecule has 4 heteroatoms. The number of carbonyl (C=O) groups excluding carboxylic acids is 1. The summed E-state index contributed by atoms with van der Waals surface area (Å²) in [7, 11) is 0. The number of ether oxygens (including phenoxy) is 1. The summed E-state index contributed by atoms with van der Waals surface area (Å²) in [5.74, 6) is 0.544. The van der Waals surface area contributed by atoms with Crippen LogP contribution in [0.5, 0.6) is 0 Å². The highest BCUT2D eigenvalue weighted by molar-refractivity contribution is 9.10. The van der Waals surface area contributed by atoms with E-state index in [2.05, 4.69) is 20.9 Å². The van der Waals surface area contributed by atoms with Crippen molar-refractivity contribution in [2.75, 3.05) is 0 Å². The molecule has 0 saturated heterocycles. The highest BCUT2D eigenvalue weighted by atomic mass is 79.9. The molecular formula is C14H12BrNO2. The normalized spacial score (nSPS) is 21.2. The van der Waals surface area contributed by atoms with Crippen molar-refractivity contribution in [3.63, 3.8) is 0 Å². The van der Waals surface area contributed by atoms with E-state index in [9.17, 15) is 4.79 Å². The van der Waals surface area contributed by atoms with Gasteiger partial charge in [0.05, 0.1) is 0 Å². The van der Waals surface area contributed by atoms with Crippen molar-refractivity contribution < 1.29 is 9.53 Å². The SMILES string of the molecule is O=C1OC(=Cc2ccncc2Br)C2=C1CCCC2. The van der Waals surface area contributed by atoms with Crippen molar-refractivity contribution in [1.29, 1.82) is 0 Å². The van der Waals surface area contributed by atoms with Gasteiger partial charge in [0.2, 0.25) is 0 Å². The van der Waals surface area contributed by atoms with Crippen molar-refractivity contribution in [2.24, 2.45) is 0 Å². The average molecular weight is 306 g/mol. The first-order valence-electron chi connectivity index (χ1n) is 6.01. The minimum Gasteiger partial charge on any atom is -0.423 e. The number of hydrogen-bond acceptors (Lipinski definition) is 3. The number of hydrogen-bond donors (Lipinski definition) is 0. The molecule has 2 heterocycles. The molecule has 0 atom stereocenters. The molecule has 1 aliphatic carbocycles. The molecule has 3 rings (SSSR count). The summed E-state index contributed by atoms with van der Waals surface area (Å²) < 4.78 is 6.28. The molecule has 92 valence electrons. The summed E-state index contributed by atoms with van der Waals surface area (Å²) >= 11 is 3.44. The van der Waals surface area contributed by atoms with E-state index in [0.717, 1.165) is 46.9 Å². The Bertz CT molecular complexity index is 575. The predicted octanol–water partition coefficient (Wildman–Crippen LogP) is 3.61. The van der Waals surface area contributed by atoms with E-state index in [1.807, 2.05) is 12.1 Å². The third-order valence-electron chi connectivity index (χ3n) is 3.30. The molecule has 0 saturated carbocycles. The van der Waals surface area contributed by atoms with Crippen LogP contribution in [-0.2, 0) is 9.53 Å². The lowest BCUT2D eigenvalue weighted by Crippen LogP contribution is -2.01. The zero-order chi connectivity index (χ0) is 12.5.